The maximum Gasteiger partial charge on any atom is 0.0159 e. The minimum absolute atomic E-state index is 0.545. The third kappa shape index (κ3) is 3.04. The lowest BCUT2D eigenvalue weighted by molar-refractivity contribution is 0.381. The van der Waals surface area contributed by atoms with E-state index in [4.69, 9.17) is 0 Å². The topological polar surface area (TPSA) is 0 Å². The van der Waals surface area contributed by atoms with Crippen LogP contribution in [-0.2, 0) is 0 Å². The largest absolute Gasteiger partial charge is 0.0651 e. The zero-order valence-electron chi connectivity index (χ0n) is 7.20. The summed E-state index contributed by atoms with van der Waals surface area (Å²) in [5.41, 5.74) is 0. The van der Waals surface area contributed by atoms with Crippen molar-refractivity contribution in [2.75, 3.05) is 0 Å². The molecule has 0 fully saturated rings. The van der Waals surface area contributed by atoms with Gasteiger partial charge in [0.1, 0.15) is 0 Å². The molecule has 0 bridgehead atoms. The van der Waals surface area contributed by atoms with E-state index in [1.54, 1.807) is 0 Å². The smallest absolute Gasteiger partial charge is 0.0159 e. The molecule has 0 amide bonds. The fourth-order valence-corrected chi connectivity index (χ4v) is 1.97. The van der Waals surface area contributed by atoms with Crippen LogP contribution in [0.3, 0.4) is 0 Å². The SMILES string of the molecule is CCC(CC)C(C)(C)[SiH2]. The van der Waals surface area contributed by atoms with Gasteiger partial charge in [0.05, 0.1) is 0 Å². The Morgan fingerprint density at radius 3 is 1.56 bits per heavy atom. The van der Waals surface area contributed by atoms with Gasteiger partial charge in [-0.05, 0) is 11.0 Å². The predicted molar refractivity (Wildman–Crippen MR) is 46.7 cm³/mol. The second-order valence-corrected chi connectivity index (χ2v) is 5.32. The van der Waals surface area contributed by atoms with Crippen molar-refractivity contribution in [2.45, 2.75) is 45.6 Å². The molecule has 0 aromatic carbocycles. The van der Waals surface area contributed by atoms with E-state index in [9.17, 15) is 0 Å². The second kappa shape index (κ2) is 3.40. The van der Waals surface area contributed by atoms with Crippen molar-refractivity contribution in [3.8, 4) is 0 Å². The van der Waals surface area contributed by atoms with Gasteiger partial charge >= 0.3 is 0 Å². The summed E-state index contributed by atoms with van der Waals surface area (Å²) in [6.07, 6.45) is 2.65. The van der Waals surface area contributed by atoms with E-state index in [1.807, 2.05) is 0 Å². The zero-order valence-corrected chi connectivity index (χ0v) is 8.61. The molecular weight excluding hydrogens is 124 g/mol. The molecule has 0 rings (SSSR count). The molecule has 1 radical (unpaired) electrons. The average molecular weight is 143 g/mol. The van der Waals surface area contributed by atoms with Gasteiger partial charge in [0.15, 0.2) is 0 Å². The Bertz CT molecular complexity index is 67.1. The minimum atomic E-state index is 0.545. The highest BCUT2D eigenvalue weighted by Gasteiger charge is 2.20. The van der Waals surface area contributed by atoms with Crippen LogP contribution in [0.4, 0.5) is 0 Å². The molecule has 0 aromatic rings. The van der Waals surface area contributed by atoms with Crippen LogP contribution in [0.15, 0.2) is 0 Å². The summed E-state index contributed by atoms with van der Waals surface area (Å²) in [4.78, 5) is 0. The van der Waals surface area contributed by atoms with Crippen molar-refractivity contribution in [1.29, 1.82) is 0 Å². The lowest BCUT2D eigenvalue weighted by Crippen LogP contribution is -2.15. The monoisotopic (exact) mass is 143 g/mol. The van der Waals surface area contributed by atoms with Gasteiger partial charge in [-0.3, -0.25) is 0 Å². The van der Waals surface area contributed by atoms with Gasteiger partial charge in [-0.2, -0.15) is 0 Å². The van der Waals surface area contributed by atoms with E-state index in [2.05, 4.69) is 37.9 Å². The third-order valence-electron chi connectivity index (χ3n) is 2.09. The van der Waals surface area contributed by atoms with Gasteiger partial charge in [-0.1, -0.05) is 40.5 Å². The summed E-state index contributed by atoms with van der Waals surface area (Å²) in [6.45, 7) is 9.24. The normalized spacial score (nSPS) is 12.7. The highest BCUT2D eigenvalue weighted by Crippen LogP contribution is 2.34. The second-order valence-electron chi connectivity index (χ2n) is 3.50. The first kappa shape index (κ1) is 9.22. The Labute approximate surface area is 62.5 Å². The van der Waals surface area contributed by atoms with Crippen molar-refractivity contribution in [2.24, 2.45) is 5.92 Å². The maximum atomic E-state index is 2.34. The first-order valence-electron chi connectivity index (χ1n) is 3.87. The molecule has 0 atom stereocenters. The highest BCUT2D eigenvalue weighted by atomic mass is 28.1. The van der Waals surface area contributed by atoms with E-state index in [0.29, 0.717) is 5.04 Å². The van der Waals surface area contributed by atoms with Crippen LogP contribution in [-0.4, -0.2) is 10.2 Å². The van der Waals surface area contributed by atoms with E-state index < -0.39 is 0 Å². The molecule has 1 heteroatoms. The Hall–Kier alpha value is 0.217. The van der Waals surface area contributed by atoms with E-state index in [1.165, 1.54) is 12.8 Å². The van der Waals surface area contributed by atoms with Crippen LogP contribution in [0.25, 0.3) is 0 Å². The molecule has 55 valence electrons. The molecule has 0 heterocycles. The molecule has 0 N–H and O–H groups in total. The van der Waals surface area contributed by atoms with Gasteiger partial charge in [-0.25, -0.2) is 0 Å². The van der Waals surface area contributed by atoms with Crippen LogP contribution in [0.1, 0.15) is 40.5 Å². The molecule has 0 aliphatic heterocycles. The highest BCUT2D eigenvalue weighted by molar-refractivity contribution is 6.14. The molecular formula is C8H19Si. The van der Waals surface area contributed by atoms with Crippen LogP contribution in [0.2, 0.25) is 5.04 Å². The average Bonchev–Trinajstić information content (AvgIpc) is 1.65. The molecule has 0 aliphatic carbocycles. The van der Waals surface area contributed by atoms with E-state index in [-0.39, 0.29) is 0 Å². The fourth-order valence-electron chi connectivity index (χ4n) is 1.39. The summed E-state index contributed by atoms with van der Waals surface area (Å²) in [7, 11) is 2.13. The zero-order chi connectivity index (χ0) is 7.49. The summed E-state index contributed by atoms with van der Waals surface area (Å²) in [6, 6.07) is 0. The maximum absolute atomic E-state index is 2.34. The minimum Gasteiger partial charge on any atom is -0.0651 e. The van der Waals surface area contributed by atoms with Crippen molar-refractivity contribution >= 4 is 10.2 Å². The molecule has 0 aliphatic rings. The Morgan fingerprint density at radius 1 is 1.22 bits per heavy atom. The Kier molecular flexibility index (Phi) is 3.48. The lowest BCUT2D eigenvalue weighted by Gasteiger charge is -2.28. The molecule has 0 aromatic heterocycles. The summed E-state index contributed by atoms with van der Waals surface area (Å²) < 4.78 is 0. The molecule has 0 nitrogen and oxygen atoms in total. The molecule has 0 spiro atoms. The van der Waals surface area contributed by atoms with E-state index in [0.717, 1.165) is 5.92 Å². The number of hydrogen-bond donors (Lipinski definition) is 0. The Morgan fingerprint density at radius 2 is 1.56 bits per heavy atom. The van der Waals surface area contributed by atoms with E-state index >= 15 is 0 Å². The first-order chi connectivity index (χ1) is 4.02. The van der Waals surface area contributed by atoms with Crippen molar-refractivity contribution in [1.82, 2.24) is 0 Å². The third-order valence-corrected chi connectivity index (χ3v) is 2.67. The molecule has 9 heavy (non-hydrogen) atoms. The van der Waals surface area contributed by atoms with Crippen LogP contribution < -0.4 is 0 Å². The van der Waals surface area contributed by atoms with Crippen LogP contribution >= 0.6 is 0 Å². The standard InChI is InChI=1S/C8H19Si/c1-5-7(6-2)8(3,4)9/h7H,5-6,9H2,1-4H3. The molecule has 0 saturated heterocycles. The van der Waals surface area contributed by atoms with Crippen LogP contribution in [0.5, 0.6) is 0 Å². The van der Waals surface area contributed by atoms with Gasteiger partial charge < -0.3 is 0 Å². The Balaban J connectivity index is 3.79. The number of rotatable bonds is 3. The molecule has 0 unspecified atom stereocenters. The summed E-state index contributed by atoms with van der Waals surface area (Å²) in [5.74, 6) is 0.913. The van der Waals surface area contributed by atoms with Gasteiger partial charge in [0, 0.05) is 10.2 Å². The lowest BCUT2D eigenvalue weighted by atomic mass is 9.90. The fraction of sp³-hybridized carbons (Fsp3) is 1.00. The summed E-state index contributed by atoms with van der Waals surface area (Å²) in [5, 5.41) is 0.545. The van der Waals surface area contributed by atoms with Crippen molar-refractivity contribution in [3.05, 3.63) is 0 Å². The quantitative estimate of drug-likeness (QED) is 0.532. The van der Waals surface area contributed by atoms with Crippen molar-refractivity contribution in [3.63, 3.8) is 0 Å². The first-order valence-corrected chi connectivity index (χ1v) is 4.58. The summed E-state index contributed by atoms with van der Waals surface area (Å²) >= 11 is 0. The van der Waals surface area contributed by atoms with Crippen LogP contribution in [0, 0.1) is 5.92 Å². The predicted octanol–water partition coefficient (Wildman–Crippen LogP) is 2.25. The van der Waals surface area contributed by atoms with Gasteiger partial charge in [0.25, 0.3) is 0 Å². The van der Waals surface area contributed by atoms with Gasteiger partial charge in [-0.15, -0.1) is 0 Å². The van der Waals surface area contributed by atoms with Gasteiger partial charge in [0.2, 0.25) is 0 Å². The molecule has 0 saturated carbocycles. The van der Waals surface area contributed by atoms with Crippen molar-refractivity contribution < 1.29 is 0 Å². The number of hydrogen-bond acceptors (Lipinski definition) is 0.